The van der Waals surface area contributed by atoms with Gasteiger partial charge in [-0.1, -0.05) is 62.9 Å². The maximum atomic E-state index is 13.2. The monoisotopic (exact) mass is 584 g/mol. The second-order valence-corrected chi connectivity index (χ2v) is 13.8. The molecule has 1 saturated heterocycles. The van der Waals surface area contributed by atoms with Crippen LogP contribution in [-0.4, -0.2) is 71.2 Å². The van der Waals surface area contributed by atoms with E-state index in [9.17, 15) is 13.2 Å². The Bertz CT molecular complexity index is 1370. The fourth-order valence-electron chi connectivity index (χ4n) is 5.34. The molecule has 1 N–H and O–H groups in total. The first-order chi connectivity index (χ1) is 19.1. The van der Waals surface area contributed by atoms with Crippen molar-refractivity contribution in [3.8, 4) is 0 Å². The molecule has 1 fully saturated rings. The van der Waals surface area contributed by atoms with Crippen LogP contribution < -0.4 is 5.32 Å². The lowest BCUT2D eigenvalue weighted by molar-refractivity contribution is -0.113. The van der Waals surface area contributed by atoms with Crippen LogP contribution in [0.15, 0.2) is 64.6 Å². The first kappa shape index (κ1) is 30.2. The molecule has 0 aliphatic carbocycles. The fraction of sp³-hybridized carbons (Fsp3) is 0.483. The van der Waals surface area contributed by atoms with E-state index in [2.05, 4.69) is 57.9 Å². The average Bonchev–Trinajstić information content (AvgIpc) is 3.29. The molecule has 1 aliphatic heterocycles. The summed E-state index contributed by atoms with van der Waals surface area (Å²) in [4.78, 5) is 15.2. The molecule has 2 aromatic carbocycles. The van der Waals surface area contributed by atoms with Crippen LogP contribution in [0.1, 0.15) is 51.0 Å². The Morgan fingerprint density at radius 2 is 1.70 bits per heavy atom. The highest BCUT2D eigenvalue weighted by Gasteiger charge is 2.31. The summed E-state index contributed by atoms with van der Waals surface area (Å²) < 4.78 is 30.0. The molecule has 0 bridgehead atoms. The van der Waals surface area contributed by atoms with E-state index in [-0.39, 0.29) is 22.6 Å². The molecular formula is C29H40N6O3S2. The van der Waals surface area contributed by atoms with E-state index in [1.807, 2.05) is 32.3 Å². The van der Waals surface area contributed by atoms with Gasteiger partial charge in [-0.05, 0) is 68.6 Å². The largest absolute Gasteiger partial charge is 0.325 e. The molecule has 0 radical (unpaired) electrons. The summed E-state index contributed by atoms with van der Waals surface area (Å²) >= 11 is 1.34. The Morgan fingerprint density at radius 3 is 2.30 bits per heavy atom. The van der Waals surface area contributed by atoms with Crippen molar-refractivity contribution in [1.29, 1.82) is 0 Å². The van der Waals surface area contributed by atoms with E-state index < -0.39 is 10.0 Å². The van der Waals surface area contributed by atoms with Gasteiger partial charge in [0.05, 0.1) is 23.2 Å². The predicted molar refractivity (Wildman–Crippen MR) is 160 cm³/mol. The number of carbonyl (C=O) groups is 1. The third-order valence-electron chi connectivity index (χ3n) is 7.18. The molecule has 2 heterocycles. The lowest BCUT2D eigenvalue weighted by Gasteiger charge is -2.34. The van der Waals surface area contributed by atoms with Crippen molar-refractivity contribution in [2.24, 2.45) is 11.8 Å². The quantitative estimate of drug-likeness (QED) is 0.325. The fourth-order valence-corrected chi connectivity index (χ4v) is 7.76. The van der Waals surface area contributed by atoms with Gasteiger partial charge in [-0.15, -0.1) is 10.2 Å². The van der Waals surface area contributed by atoms with Crippen LogP contribution in [0.3, 0.4) is 0 Å². The average molecular weight is 585 g/mol. The van der Waals surface area contributed by atoms with Crippen LogP contribution in [0, 0.1) is 11.8 Å². The molecule has 1 amide bonds. The summed E-state index contributed by atoms with van der Waals surface area (Å²) in [5, 5.41) is 12.5. The van der Waals surface area contributed by atoms with Gasteiger partial charge in [-0.2, -0.15) is 4.31 Å². The van der Waals surface area contributed by atoms with Gasteiger partial charge in [0, 0.05) is 18.8 Å². The summed E-state index contributed by atoms with van der Waals surface area (Å²) in [7, 11) is 0.488. The van der Waals surface area contributed by atoms with Gasteiger partial charge < -0.3 is 9.88 Å². The van der Waals surface area contributed by atoms with Crippen molar-refractivity contribution in [2.45, 2.75) is 56.3 Å². The summed E-state index contributed by atoms with van der Waals surface area (Å²) in [5.74, 6) is 1.48. The summed E-state index contributed by atoms with van der Waals surface area (Å²) in [6.07, 6.45) is 1.92. The minimum atomic E-state index is -3.57. The maximum Gasteiger partial charge on any atom is 0.243 e. The summed E-state index contributed by atoms with van der Waals surface area (Å²) in [5.41, 5.74) is 1.68. The molecule has 9 nitrogen and oxygen atoms in total. The van der Waals surface area contributed by atoms with E-state index in [0.717, 1.165) is 24.2 Å². The first-order valence-electron chi connectivity index (χ1n) is 13.7. The minimum absolute atomic E-state index is 0.102. The topological polar surface area (TPSA) is 100 Å². The van der Waals surface area contributed by atoms with E-state index in [1.54, 1.807) is 28.6 Å². The number of nitrogens with zero attached hydrogens (tertiary/aromatic N) is 5. The van der Waals surface area contributed by atoms with E-state index in [4.69, 9.17) is 0 Å². The number of rotatable bonds is 11. The number of hydrogen-bond acceptors (Lipinski definition) is 7. The number of thioether (sulfide) groups is 1. The van der Waals surface area contributed by atoms with Crippen LogP contribution >= 0.6 is 11.8 Å². The molecular weight excluding hydrogens is 544 g/mol. The van der Waals surface area contributed by atoms with Crippen molar-refractivity contribution in [3.63, 3.8) is 0 Å². The lowest BCUT2D eigenvalue weighted by Crippen LogP contribution is -2.42. The standard InChI is InChI=1S/C29H40N6O3S2/c1-6-26(33(4)5)28-31-32-29(35(28)19-23-10-8-7-9-11-23)39-20-27(36)30-24-12-14-25(15-13-24)40(37,38)34-17-21(2)16-22(3)18-34/h7-15,21-22,26H,6,16-20H2,1-5H3,(H,30,36)/t21-,22+,26-/m1/s1. The van der Waals surface area contributed by atoms with E-state index in [1.165, 1.54) is 11.8 Å². The zero-order valence-electron chi connectivity index (χ0n) is 23.9. The molecule has 3 aromatic rings. The van der Waals surface area contributed by atoms with Gasteiger partial charge in [0.25, 0.3) is 0 Å². The number of carbonyl (C=O) groups excluding carboxylic acids is 1. The van der Waals surface area contributed by atoms with Gasteiger partial charge in [0.1, 0.15) is 0 Å². The van der Waals surface area contributed by atoms with E-state index in [0.29, 0.717) is 42.3 Å². The normalized spacial score (nSPS) is 19.1. The number of sulfonamides is 1. The molecule has 3 atom stereocenters. The number of benzene rings is 2. The van der Waals surface area contributed by atoms with Crippen LogP contribution in [0.5, 0.6) is 0 Å². The first-order valence-corrected chi connectivity index (χ1v) is 16.2. The third-order valence-corrected chi connectivity index (χ3v) is 9.99. The van der Waals surface area contributed by atoms with Crippen molar-refractivity contribution < 1.29 is 13.2 Å². The molecule has 0 unspecified atom stereocenters. The Balaban J connectivity index is 1.42. The predicted octanol–water partition coefficient (Wildman–Crippen LogP) is 4.74. The molecule has 0 saturated carbocycles. The molecule has 1 aromatic heterocycles. The second-order valence-electron chi connectivity index (χ2n) is 10.9. The Kier molecular flexibility index (Phi) is 10.0. The highest BCUT2D eigenvalue weighted by molar-refractivity contribution is 7.99. The summed E-state index contributed by atoms with van der Waals surface area (Å²) in [6, 6.07) is 16.7. The van der Waals surface area contributed by atoms with Gasteiger partial charge in [-0.25, -0.2) is 8.42 Å². The van der Waals surface area contributed by atoms with E-state index >= 15 is 0 Å². The molecule has 40 heavy (non-hydrogen) atoms. The van der Waals surface area contributed by atoms with Crippen LogP contribution in [0.2, 0.25) is 0 Å². The van der Waals surface area contributed by atoms with Gasteiger partial charge in [0.2, 0.25) is 15.9 Å². The highest BCUT2D eigenvalue weighted by atomic mass is 32.2. The molecule has 11 heteroatoms. The SMILES string of the molecule is CC[C@H](c1nnc(SCC(=O)Nc2ccc(S(=O)(=O)N3C[C@H](C)C[C@H](C)C3)cc2)n1Cc1ccccc1)N(C)C. The Morgan fingerprint density at radius 1 is 1.05 bits per heavy atom. The second kappa shape index (κ2) is 13.3. The lowest BCUT2D eigenvalue weighted by atomic mass is 9.94. The highest BCUT2D eigenvalue weighted by Crippen LogP contribution is 2.28. The minimum Gasteiger partial charge on any atom is -0.325 e. The zero-order valence-corrected chi connectivity index (χ0v) is 25.6. The molecule has 216 valence electrons. The Hall–Kier alpha value is -2.73. The van der Waals surface area contributed by atoms with Crippen LogP contribution in [0.4, 0.5) is 5.69 Å². The number of hydrogen-bond donors (Lipinski definition) is 1. The van der Waals surface area contributed by atoms with Crippen LogP contribution in [-0.2, 0) is 21.4 Å². The zero-order chi connectivity index (χ0) is 28.9. The number of piperidine rings is 1. The van der Waals surface area contributed by atoms with Gasteiger partial charge in [-0.3, -0.25) is 9.69 Å². The molecule has 4 rings (SSSR count). The molecule has 0 spiro atoms. The van der Waals surface area contributed by atoms with Gasteiger partial charge >= 0.3 is 0 Å². The number of amides is 1. The van der Waals surface area contributed by atoms with Crippen LogP contribution in [0.25, 0.3) is 0 Å². The Labute approximate surface area is 242 Å². The van der Waals surface area contributed by atoms with Gasteiger partial charge in [0.15, 0.2) is 11.0 Å². The number of nitrogens with one attached hydrogen (secondary N) is 1. The van der Waals surface area contributed by atoms with Crippen molar-refractivity contribution in [3.05, 3.63) is 66.0 Å². The third kappa shape index (κ3) is 7.31. The van der Waals surface area contributed by atoms with Crippen molar-refractivity contribution >= 4 is 33.4 Å². The van der Waals surface area contributed by atoms with Crippen molar-refractivity contribution in [1.82, 2.24) is 24.0 Å². The maximum absolute atomic E-state index is 13.2. The molecule has 1 aliphatic rings. The van der Waals surface area contributed by atoms with Crippen molar-refractivity contribution in [2.75, 3.05) is 38.3 Å². The number of anilines is 1. The smallest absolute Gasteiger partial charge is 0.243 e. The summed E-state index contributed by atoms with van der Waals surface area (Å²) in [6.45, 7) is 7.98. The number of aromatic nitrogens is 3.